The van der Waals surface area contributed by atoms with Gasteiger partial charge in [-0.15, -0.1) is 11.8 Å². The van der Waals surface area contributed by atoms with Crippen LogP contribution in [0.5, 0.6) is 0 Å². The van der Waals surface area contributed by atoms with Gasteiger partial charge in [-0.2, -0.15) is 0 Å². The Kier molecular flexibility index (Phi) is 5.30. The summed E-state index contributed by atoms with van der Waals surface area (Å²) >= 11 is 1.87. The van der Waals surface area contributed by atoms with E-state index in [-0.39, 0.29) is 5.75 Å². The first kappa shape index (κ1) is 14.9. The van der Waals surface area contributed by atoms with Crippen molar-refractivity contribution in [3.63, 3.8) is 0 Å². The molecule has 19 heavy (non-hydrogen) atoms. The molecule has 5 heteroatoms. The van der Waals surface area contributed by atoms with Gasteiger partial charge in [0.05, 0.1) is 5.75 Å². The van der Waals surface area contributed by atoms with Crippen LogP contribution < -0.4 is 0 Å². The lowest BCUT2D eigenvalue weighted by Gasteiger charge is -2.30. The smallest absolute Gasteiger partial charge is 0.212 e. The maximum Gasteiger partial charge on any atom is 0.213 e. The number of hydrogen-bond acceptors (Lipinski definition) is 3. The molecule has 1 aliphatic heterocycles. The first-order chi connectivity index (χ1) is 9.12. The zero-order valence-corrected chi connectivity index (χ0v) is 12.9. The average molecular weight is 299 g/mol. The molecule has 0 unspecified atom stereocenters. The van der Waals surface area contributed by atoms with Gasteiger partial charge in [0.15, 0.2) is 0 Å². The molecule has 1 saturated heterocycles. The van der Waals surface area contributed by atoms with E-state index in [1.165, 1.54) is 4.90 Å². The van der Waals surface area contributed by atoms with Crippen LogP contribution in [0.1, 0.15) is 19.8 Å². The first-order valence-electron chi connectivity index (χ1n) is 6.77. The highest BCUT2D eigenvalue weighted by Crippen LogP contribution is 2.27. The zero-order valence-electron chi connectivity index (χ0n) is 11.3. The molecule has 0 bridgehead atoms. The summed E-state index contributed by atoms with van der Waals surface area (Å²) in [5.41, 5.74) is 0. The van der Waals surface area contributed by atoms with Crippen LogP contribution in [-0.2, 0) is 10.0 Å². The van der Waals surface area contributed by atoms with Crippen LogP contribution in [-0.4, -0.2) is 37.3 Å². The predicted molar refractivity (Wildman–Crippen MR) is 80.9 cm³/mol. The van der Waals surface area contributed by atoms with Gasteiger partial charge in [0, 0.05) is 23.7 Å². The van der Waals surface area contributed by atoms with Crippen molar-refractivity contribution in [1.29, 1.82) is 0 Å². The average Bonchev–Trinajstić information content (AvgIpc) is 2.47. The van der Waals surface area contributed by atoms with E-state index in [4.69, 9.17) is 0 Å². The van der Waals surface area contributed by atoms with Crippen molar-refractivity contribution in [2.24, 2.45) is 5.92 Å². The minimum Gasteiger partial charge on any atom is -0.212 e. The van der Waals surface area contributed by atoms with E-state index >= 15 is 0 Å². The molecule has 1 heterocycles. The molecule has 0 aliphatic carbocycles. The Morgan fingerprint density at radius 1 is 1.21 bits per heavy atom. The number of rotatable bonds is 5. The summed E-state index contributed by atoms with van der Waals surface area (Å²) in [4.78, 5) is 1.30. The van der Waals surface area contributed by atoms with Gasteiger partial charge >= 0.3 is 0 Å². The van der Waals surface area contributed by atoms with Crippen molar-refractivity contribution in [3.8, 4) is 0 Å². The molecule has 1 aromatic rings. The highest BCUT2D eigenvalue weighted by molar-refractivity contribution is 7.99. The van der Waals surface area contributed by atoms with Crippen LogP contribution in [0.2, 0.25) is 0 Å². The fraction of sp³-hybridized carbons (Fsp3) is 0.571. The molecule has 0 aromatic heterocycles. The van der Waals surface area contributed by atoms with E-state index in [1.807, 2.05) is 17.8 Å². The number of piperidine rings is 1. The quantitative estimate of drug-likeness (QED) is 0.785. The van der Waals surface area contributed by atoms with Crippen molar-refractivity contribution >= 4 is 21.8 Å². The first-order valence-corrected chi connectivity index (χ1v) is 9.37. The van der Waals surface area contributed by atoms with E-state index in [0.717, 1.165) is 18.6 Å². The molecule has 3 nitrogen and oxygen atoms in total. The van der Waals surface area contributed by atoms with Gasteiger partial charge in [0.2, 0.25) is 10.0 Å². The summed E-state index contributed by atoms with van der Waals surface area (Å²) in [5, 5.41) is 0. The number of thioether (sulfide) groups is 1. The molecule has 0 radical (unpaired) electrons. The lowest BCUT2D eigenvalue weighted by molar-refractivity contribution is 0.291. The summed E-state index contributed by atoms with van der Waals surface area (Å²) < 4.78 is 25.2. The molecule has 0 atom stereocenters. The van der Waals surface area contributed by atoms with E-state index in [9.17, 15) is 8.42 Å². The third kappa shape index (κ3) is 4.23. The highest BCUT2D eigenvalue weighted by Gasteiger charge is 2.26. The van der Waals surface area contributed by atoms with Crippen LogP contribution >= 0.6 is 11.8 Å². The van der Waals surface area contributed by atoms with E-state index in [0.29, 0.717) is 19.0 Å². The predicted octanol–water partition coefficient (Wildman–Crippen LogP) is 2.84. The maximum absolute atomic E-state index is 11.8. The molecule has 0 spiro atoms. The van der Waals surface area contributed by atoms with Gasteiger partial charge in [0.25, 0.3) is 0 Å². The lowest BCUT2D eigenvalue weighted by atomic mass is 10.0. The monoisotopic (exact) mass is 299 g/mol. The van der Waals surface area contributed by atoms with Crippen LogP contribution in [0.25, 0.3) is 0 Å². The summed E-state index contributed by atoms with van der Waals surface area (Å²) in [7, 11) is -2.99. The molecular weight excluding hydrogens is 278 g/mol. The van der Waals surface area contributed by atoms with Crippen LogP contribution in [0.4, 0.5) is 0 Å². The second-order valence-corrected chi connectivity index (χ2v) is 8.22. The minimum atomic E-state index is -2.99. The lowest BCUT2D eigenvalue weighted by Crippen LogP contribution is -2.39. The van der Waals surface area contributed by atoms with Crippen LogP contribution in [0.15, 0.2) is 35.2 Å². The van der Waals surface area contributed by atoms with Gasteiger partial charge in [-0.25, -0.2) is 12.7 Å². The Morgan fingerprint density at radius 2 is 1.84 bits per heavy atom. The SMILES string of the molecule is CCS(=O)(=O)N1CCC(CSc2ccccc2)CC1. The molecular formula is C14H21NO2S2. The topological polar surface area (TPSA) is 37.4 Å². The maximum atomic E-state index is 11.8. The second-order valence-electron chi connectivity index (χ2n) is 4.87. The third-order valence-electron chi connectivity index (χ3n) is 3.56. The normalized spacial score (nSPS) is 18.6. The molecule has 0 amide bonds. The molecule has 1 aromatic carbocycles. The van der Waals surface area contributed by atoms with Crippen molar-refractivity contribution in [2.75, 3.05) is 24.6 Å². The number of benzene rings is 1. The number of sulfonamides is 1. The summed E-state index contributed by atoms with van der Waals surface area (Å²) in [6.45, 7) is 3.10. The van der Waals surface area contributed by atoms with Gasteiger partial charge < -0.3 is 0 Å². The zero-order chi connectivity index (χ0) is 13.7. The van der Waals surface area contributed by atoms with Crippen molar-refractivity contribution in [2.45, 2.75) is 24.7 Å². The van der Waals surface area contributed by atoms with Gasteiger partial charge in [-0.05, 0) is 37.8 Å². The molecule has 1 fully saturated rings. The Morgan fingerprint density at radius 3 is 2.42 bits per heavy atom. The van der Waals surface area contributed by atoms with Gasteiger partial charge in [0.1, 0.15) is 0 Å². The molecule has 2 rings (SSSR count). The summed E-state index contributed by atoms with van der Waals surface area (Å²) in [6, 6.07) is 10.4. The van der Waals surface area contributed by atoms with Crippen molar-refractivity contribution in [3.05, 3.63) is 30.3 Å². The second kappa shape index (κ2) is 6.77. The Bertz CT molecular complexity index is 479. The van der Waals surface area contributed by atoms with E-state index in [1.54, 1.807) is 11.2 Å². The van der Waals surface area contributed by atoms with Crippen LogP contribution in [0.3, 0.4) is 0 Å². The Hall–Kier alpha value is -0.520. The minimum absolute atomic E-state index is 0.219. The van der Waals surface area contributed by atoms with Gasteiger partial charge in [-0.3, -0.25) is 0 Å². The standard InChI is InChI=1S/C14H21NO2S2/c1-2-19(16,17)15-10-8-13(9-11-15)12-18-14-6-4-3-5-7-14/h3-7,13H,2,8-12H2,1H3. The van der Waals surface area contributed by atoms with E-state index in [2.05, 4.69) is 24.3 Å². The Balaban J connectivity index is 1.78. The number of hydrogen-bond donors (Lipinski definition) is 0. The molecule has 106 valence electrons. The van der Waals surface area contributed by atoms with Crippen LogP contribution in [0, 0.1) is 5.92 Å². The molecule has 1 aliphatic rings. The number of nitrogens with zero attached hydrogens (tertiary/aromatic N) is 1. The van der Waals surface area contributed by atoms with Gasteiger partial charge in [-0.1, -0.05) is 18.2 Å². The molecule has 0 saturated carbocycles. The Labute approximate surface area is 120 Å². The molecule has 0 N–H and O–H groups in total. The fourth-order valence-electron chi connectivity index (χ4n) is 2.27. The van der Waals surface area contributed by atoms with Crippen molar-refractivity contribution < 1.29 is 8.42 Å². The highest BCUT2D eigenvalue weighted by atomic mass is 32.2. The van der Waals surface area contributed by atoms with E-state index < -0.39 is 10.0 Å². The fourth-order valence-corrected chi connectivity index (χ4v) is 4.51. The third-order valence-corrected chi connectivity index (χ3v) is 6.69. The largest absolute Gasteiger partial charge is 0.213 e. The summed E-state index contributed by atoms with van der Waals surface area (Å²) in [5.74, 6) is 1.94. The summed E-state index contributed by atoms with van der Waals surface area (Å²) in [6.07, 6.45) is 1.97. The van der Waals surface area contributed by atoms with Crippen molar-refractivity contribution in [1.82, 2.24) is 4.31 Å².